The normalized spacial score (nSPS) is 10.5. The summed E-state index contributed by atoms with van der Waals surface area (Å²) < 4.78 is 26.4. The van der Waals surface area contributed by atoms with Gasteiger partial charge in [0.25, 0.3) is 11.1 Å². The van der Waals surface area contributed by atoms with E-state index in [-0.39, 0.29) is 29.3 Å². The summed E-state index contributed by atoms with van der Waals surface area (Å²) in [6.45, 7) is 0.308. The largest absolute Gasteiger partial charge is 0.493 e. The Morgan fingerprint density at radius 2 is 1.78 bits per heavy atom. The zero-order valence-electron chi connectivity index (χ0n) is 17.7. The number of rotatable bonds is 11. The third kappa shape index (κ3) is 5.94. The first-order valence-electron chi connectivity index (χ1n) is 9.36. The van der Waals surface area contributed by atoms with Crippen molar-refractivity contribution in [1.29, 1.82) is 0 Å². The van der Waals surface area contributed by atoms with Crippen LogP contribution in [-0.4, -0.2) is 49.1 Å². The van der Waals surface area contributed by atoms with Gasteiger partial charge in [0.1, 0.15) is 5.76 Å². The number of methoxy groups -OCH3 is 3. The van der Waals surface area contributed by atoms with Gasteiger partial charge in [-0.25, -0.2) is 0 Å². The molecule has 12 heteroatoms. The quantitative estimate of drug-likeness (QED) is 0.407. The number of carbonyl (C=O) groups is 2. The van der Waals surface area contributed by atoms with Crippen LogP contribution in [-0.2, 0) is 17.9 Å². The first-order chi connectivity index (χ1) is 15.5. The lowest BCUT2D eigenvalue weighted by Gasteiger charge is -2.13. The predicted octanol–water partition coefficient (Wildman–Crippen LogP) is 2.03. The van der Waals surface area contributed by atoms with E-state index >= 15 is 0 Å². The van der Waals surface area contributed by atoms with Crippen molar-refractivity contribution in [2.75, 3.05) is 27.1 Å². The van der Waals surface area contributed by atoms with E-state index in [4.69, 9.17) is 23.0 Å². The van der Waals surface area contributed by atoms with Crippen molar-refractivity contribution in [3.63, 3.8) is 0 Å². The molecule has 0 unspecified atom stereocenters. The molecule has 0 aliphatic carbocycles. The van der Waals surface area contributed by atoms with E-state index in [1.54, 1.807) is 12.1 Å². The van der Waals surface area contributed by atoms with Gasteiger partial charge in [0, 0.05) is 5.56 Å². The van der Waals surface area contributed by atoms with Gasteiger partial charge in [-0.2, -0.15) is 0 Å². The molecule has 0 aliphatic rings. The Bertz CT molecular complexity index is 1030. The number of amides is 2. The van der Waals surface area contributed by atoms with Crippen molar-refractivity contribution in [1.82, 2.24) is 20.8 Å². The van der Waals surface area contributed by atoms with Crippen LogP contribution in [0.25, 0.3) is 0 Å². The highest BCUT2D eigenvalue weighted by Crippen LogP contribution is 2.38. The zero-order chi connectivity index (χ0) is 22.9. The summed E-state index contributed by atoms with van der Waals surface area (Å²) in [5.41, 5.74) is 0.307. The average molecular weight is 462 g/mol. The van der Waals surface area contributed by atoms with Gasteiger partial charge in [-0.1, -0.05) is 11.8 Å². The Hall–Kier alpha value is -3.67. The van der Waals surface area contributed by atoms with E-state index in [2.05, 4.69) is 20.8 Å². The molecular formula is C20H22N4O7S. The molecule has 0 saturated heterocycles. The van der Waals surface area contributed by atoms with Gasteiger partial charge in [0.05, 0.1) is 46.4 Å². The van der Waals surface area contributed by atoms with Gasteiger partial charge in [0.15, 0.2) is 11.5 Å². The molecule has 2 amide bonds. The summed E-state index contributed by atoms with van der Waals surface area (Å²) in [5, 5.41) is 13.4. The van der Waals surface area contributed by atoms with Gasteiger partial charge in [0.2, 0.25) is 17.5 Å². The standard InChI is InChI=1S/C20H22N4O7S/c1-27-14-7-12(8-15(28-2)18(14)29-3)19(26)22-10-17-23-24-20(31-17)32-11-16(25)21-9-13-5-4-6-30-13/h4-8H,9-11H2,1-3H3,(H,21,25)(H,22,26). The summed E-state index contributed by atoms with van der Waals surface area (Å²) >= 11 is 1.09. The van der Waals surface area contributed by atoms with Crippen LogP contribution in [0.1, 0.15) is 22.0 Å². The van der Waals surface area contributed by atoms with Gasteiger partial charge >= 0.3 is 0 Å². The number of nitrogens with zero attached hydrogens (tertiary/aromatic N) is 2. The van der Waals surface area contributed by atoms with Crippen molar-refractivity contribution in [2.45, 2.75) is 18.3 Å². The number of ether oxygens (including phenoxy) is 3. The molecule has 0 spiro atoms. The van der Waals surface area contributed by atoms with Crippen molar-refractivity contribution in [3.8, 4) is 17.2 Å². The molecule has 0 radical (unpaired) electrons. The average Bonchev–Trinajstić information content (AvgIpc) is 3.50. The number of aromatic nitrogens is 2. The Balaban J connectivity index is 1.50. The molecule has 0 saturated carbocycles. The lowest BCUT2D eigenvalue weighted by molar-refractivity contribution is -0.118. The van der Waals surface area contributed by atoms with Gasteiger partial charge in [-0.05, 0) is 24.3 Å². The highest BCUT2D eigenvalue weighted by atomic mass is 32.2. The minimum atomic E-state index is -0.394. The van der Waals surface area contributed by atoms with E-state index in [1.807, 2.05) is 0 Å². The first kappa shape index (κ1) is 23.0. The Kier molecular flexibility index (Phi) is 7.97. The molecule has 0 fully saturated rings. The molecule has 0 atom stereocenters. The van der Waals surface area contributed by atoms with Crippen LogP contribution in [0.5, 0.6) is 17.2 Å². The number of nitrogens with one attached hydrogen (secondary N) is 2. The summed E-state index contributed by atoms with van der Waals surface area (Å²) in [5.74, 6) is 1.46. The van der Waals surface area contributed by atoms with Crippen LogP contribution in [0.2, 0.25) is 0 Å². The second-order valence-electron chi connectivity index (χ2n) is 6.20. The van der Waals surface area contributed by atoms with Crippen LogP contribution in [0.4, 0.5) is 0 Å². The number of benzene rings is 1. The van der Waals surface area contributed by atoms with Crippen molar-refractivity contribution in [2.24, 2.45) is 0 Å². The third-order valence-corrected chi connectivity index (χ3v) is 4.96. The topological polar surface area (TPSA) is 138 Å². The van der Waals surface area contributed by atoms with E-state index in [0.29, 0.717) is 35.1 Å². The van der Waals surface area contributed by atoms with Crippen LogP contribution in [0, 0.1) is 0 Å². The fraction of sp³-hybridized carbons (Fsp3) is 0.300. The fourth-order valence-electron chi connectivity index (χ4n) is 2.62. The number of carbonyl (C=O) groups excluding carboxylic acids is 2. The van der Waals surface area contributed by atoms with Crippen LogP contribution in [0.15, 0.2) is 44.6 Å². The molecule has 0 bridgehead atoms. The number of hydrogen-bond acceptors (Lipinski definition) is 10. The van der Waals surface area contributed by atoms with Crippen molar-refractivity contribution >= 4 is 23.6 Å². The fourth-order valence-corrected chi connectivity index (χ4v) is 3.23. The third-order valence-electron chi connectivity index (χ3n) is 4.14. The SMILES string of the molecule is COc1cc(C(=O)NCc2nnc(SCC(=O)NCc3ccco3)o2)cc(OC)c1OC. The number of furan rings is 1. The minimum Gasteiger partial charge on any atom is -0.493 e. The van der Waals surface area contributed by atoms with E-state index in [0.717, 1.165) is 11.8 Å². The molecule has 0 aliphatic heterocycles. The smallest absolute Gasteiger partial charge is 0.277 e. The number of hydrogen-bond donors (Lipinski definition) is 2. The Labute approximate surface area is 187 Å². The Morgan fingerprint density at radius 1 is 1.03 bits per heavy atom. The maximum Gasteiger partial charge on any atom is 0.277 e. The summed E-state index contributed by atoms with van der Waals surface area (Å²) in [6.07, 6.45) is 1.54. The molecule has 2 aromatic heterocycles. The summed E-state index contributed by atoms with van der Waals surface area (Å²) in [6, 6.07) is 6.58. The maximum atomic E-state index is 12.5. The lowest BCUT2D eigenvalue weighted by atomic mass is 10.1. The molecule has 170 valence electrons. The van der Waals surface area contributed by atoms with Crippen LogP contribution < -0.4 is 24.8 Å². The zero-order valence-corrected chi connectivity index (χ0v) is 18.5. The molecule has 11 nitrogen and oxygen atoms in total. The predicted molar refractivity (Wildman–Crippen MR) is 113 cm³/mol. The van der Waals surface area contributed by atoms with Gasteiger partial charge in [-0.15, -0.1) is 10.2 Å². The van der Waals surface area contributed by atoms with Crippen molar-refractivity contribution < 1.29 is 32.6 Å². The molecule has 3 rings (SSSR count). The molecular weight excluding hydrogens is 440 g/mol. The summed E-state index contributed by atoms with van der Waals surface area (Å²) in [4.78, 5) is 24.4. The van der Waals surface area contributed by atoms with Gasteiger partial charge in [-0.3, -0.25) is 9.59 Å². The van der Waals surface area contributed by atoms with Crippen molar-refractivity contribution in [3.05, 3.63) is 47.7 Å². The summed E-state index contributed by atoms with van der Waals surface area (Å²) in [7, 11) is 4.41. The minimum absolute atomic E-state index is 0.00768. The number of thioether (sulfide) groups is 1. The van der Waals surface area contributed by atoms with E-state index in [1.165, 1.54) is 39.7 Å². The molecule has 32 heavy (non-hydrogen) atoms. The Morgan fingerprint density at radius 3 is 2.41 bits per heavy atom. The highest BCUT2D eigenvalue weighted by molar-refractivity contribution is 7.99. The van der Waals surface area contributed by atoms with E-state index < -0.39 is 5.91 Å². The second-order valence-corrected chi connectivity index (χ2v) is 7.13. The molecule has 2 heterocycles. The second kappa shape index (κ2) is 11.1. The molecule has 3 aromatic rings. The molecule has 2 N–H and O–H groups in total. The highest BCUT2D eigenvalue weighted by Gasteiger charge is 2.18. The monoisotopic (exact) mass is 462 g/mol. The first-order valence-corrected chi connectivity index (χ1v) is 10.3. The van der Waals surface area contributed by atoms with Gasteiger partial charge < -0.3 is 33.7 Å². The van der Waals surface area contributed by atoms with Crippen LogP contribution >= 0.6 is 11.8 Å². The molecule has 1 aromatic carbocycles. The lowest BCUT2D eigenvalue weighted by Crippen LogP contribution is -2.24. The van der Waals surface area contributed by atoms with Crippen LogP contribution in [0.3, 0.4) is 0 Å². The van der Waals surface area contributed by atoms with E-state index in [9.17, 15) is 9.59 Å². The maximum absolute atomic E-state index is 12.5.